The molecule has 2 rings (SSSR count). The first-order valence-electron chi connectivity index (χ1n) is 4.83. The molecule has 1 saturated carbocycles. The molecule has 1 fully saturated rings. The first-order valence-corrected chi connectivity index (χ1v) is 4.83. The Labute approximate surface area is 82.5 Å². The summed E-state index contributed by atoms with van der Waals surface area (Å²) >= 11 is 0. The molecule has 0 aromatic heterocycles. The van der Waals surface area contributed by atoms with Crippen LogP contribution in [0.4, 0.5) is 4.39 Å². The summed E-state index contributed by atoms with van der Waals surface area (Å²) in [5.74, 6) is -0.0140. The highest BCUT2D eigenvalue weighted by atomic mass is 19.1. The number of aliphatic hydroxyl groups is 1. The molecule has 1 aliphatic rings. The summed E-state index contributed by atoms with van der Waals surface area (Å²) in [4.78, 5) is 0. The van der Waals surface area contributed by atoms with E-state index in [9.17, 15) is 4.39 Å². The van der Waals surface area contributed by atoms with Gasteiger partial charge in [0.1, 0.15) is 5.82 Å². The van der Waals surface area contributed by atoms with E-state index >= 15 is 0 Å². The highest BCUT2D eigenvalue weighted by Gasteiger charge is 2.52. The Kier molecular flexibility index (Phi) is 2.29. The van der Waals surface area contributed by atoms with Crippen LogP contribution in [0.5, 0.6) is 0 Å². The van der Waals surface area contributed by atoms with Crippen LogP contribution < -0.4 is 5.73 Å². The van der Waals surface area contributed by atoms with Gasteiger partial charge in [-0.1, -0.05) is 18.2 Å². The number of aliphatic hydroxyl groups excluding tert-OH is 1. The monoisotopic (exact) mass is 195 g/mol. The molecule has 3 heteroatoms. The second-order valence-electron chi connectivity index (χ2n) is 3.93. The molecule has 14 heavy (non-hydrogen) atoms. The smallest absolute Gasteiger partial charge is 0.128 e. The molecule has 0 radical (unpaired) electrons. The van der Waals surface area contributed by atoms with Gasteiger partial charge in [0.15, 0.2) is 0 Å². The lowest BCUT2D eigenvalue weighted by atomic mass is 10.0. The molecule has 0 amide bonds. The van der Waals surface area contributed by atoms with Crippen LogP contribution in [0.25, 0.3) is 0 Å². The van der Waals surface area contributed by atoms with Gasteiger partial charge >= 0.3 is 0 Å². The number of halogens is 1. The molecule has 0 bridgehead atoms. The maximum absolute atomic E-state index is 13.4. The van der Waals surface area contributed by atoms with E-state index in [0.717, 1.165) is 6.42 Å². The molecular formula is C11H14FNO. The lowest BCUT2D eigenvalue weighted by Crippen LogP contribution is -2.23. The summed E-state index contributed by atoms with van der Waals surface area (Å²) in [5, 5.41) is 8.78. The zero-order valence-electron chi connectivity index (χ0n) is 7.91. The lowest BCUT2D eigenvalue weighted by molar-refractivity contribution is 0.274. The standard InChI is InChI=1S/C11H14FNO/c12-10-4-2-1-3-9(10)11(13)7-8(11)5-6-14/h1-4,8,14H,5-7,13H2. The zero-order valence-corrected chi connectivity index (χ0v) is 7.91. The maximum atomic E-state index is 13.4. The fourth-order valence-corrected chi connectivity index (χ4v) is 2.03. The molecule has 0 spiro atoms. The molecule has 0 aliphatic heterocycles. The van der Waals surface area contributed by atoms with E-state index in [0.29, 0.717) is 12.0 Å². The first-order chi connectivity index (χ1) is 6.68. The molecule has 2 atom stereocenters. The van der Waals surface area contributed by atoms with Gasteiger partial charge in [0.05, 0.1) is 0 Å². The van der Waals surface area contributed by atoms with E-state index in [2.05, 4.69) is 0 Å². The fraction of sp³-hybridized carbons (Fsp3) is 0.455. The minimum Gasteiger partial charge on any atom is -0.396 e. The molecule has 76 valence electrons. The normalized spacial score (nSPS) is 30.4. The topological polar surface area (TPSA) is 46.2 Å². The summed E-state index contributed by atoms with van der Waals surface area (Å²) in [6.45, 7) is 0.123. The van der Waals surface area contributed by atoms with E-state index < -0.39 is 5.54 Å². The number of hydrogen-bond donors (Lipinski definition) is 2. The summed E-state index contributed by atoms with van der Waals surface area (Å²) in [5.41, 5.74) is 6.10. The quantitative estimate of drug-likeness (QED) is 0.765. The fourth-order valence-electron chi connectivity index (χ4n) is 2.03. The van der Waals surface area contributed by atoms with Gasteiger partial charge in [0.25, 0.3) is 0 Å². The highest BCUT2D eigenvalue weighted by Crippen LogP contribution is 2.51. The van der Waals surface area contributed by atoms with Gasteiger partial charge in [-0.15, -0.1) is 0 Å². The van der Waals surface area contributed by atoms with Gasteiger partial charge in [-0.25, -0.2) is 4.39 Å². The van der Waals surface area contributed by atoms with E-state index in [1.807, 2.05) is 0 Å². The van der Waals surface area contributed by atoms with E-state index in [1.165, 1.54) is 6.07 Å². The van der Waals surface area contributed by atoms with Gasteiger partial charge in [-0.05, 0) is 24.8 Å². The molecule has 1 aliphatic carbocycles. The van der Waals surface area contributed by atoms with Crippen molar-refractivity contribution in [2.24, 2.45) is 11.7 Å². The Morgan fingerprint density at radius 3 is 2.86 bits per heavy atom. The Morgan fingerprint density at radius 2 is 2.21 bits per heavy atom. The molecule has 2 nitrogen and oxygen atoms in total. The number of nitrogens with two attached hydrogens (primary N) is 1. The van der Waals surface area contributed by atoms with Crippen molar-refractivity contribution in [3.63, 3.8) is 0 Å². The Hall–Kier alpha value is -0.930. The van der Waals surface area contributed by atoms with Crippen LogP contribution in [0.3, 0.4) is 0 Å². The van der Waals surface area contributed by atoms with Crippen molar-refractivity contribution in [1.29, 1.82) is 0 Å². The molecule has 2 unspecified atom stereocenters. The van der Waals surface area contributed by atoms with Crippen LogP contribution in [0.15, 0.2) is 24.3 Å². The van der Waals surface area contributed by atoms with E-state index in [4.69, 9.17) is 10.8 Å². The van der Waals surface area contributed by atoms with Gasteiger partial charge in [0, 0.05) is 17.7 Å². The Morgan fingerprint density at radius 1 is 1.50 bits per heavy atom. The van der Waals surface area contributed by atoms with E-state index in [1.54, 1.807) is 18.2 Å². The van der Waals surface area contributed by atoms with Gasteiger partial charge < -0.3 is 10.8 Å². The van der Waals surface area contributed by atoms with Crippen LogP contribution in [-0.4, -0.2) is 11.7 Å². The third kappa shape index (κ3) is 1.42. The predicted octanol–water partition coefficient (Wildman–Crippen LogP) is 1.38. The van der Waals surface area contributed by atoms with E-state index in [-0.39, 0.29) is 18.3 Å². The molecule has 1 aromatic rings. The van der Waals surface area contributed by atoms with Crippen molar-refractivity contribution in [2.75, 3.05) is 6.61 Å². The van der Waals surface area contributed by atoms with Crippen LogP contribution in [-0.2, 0) is 5.54 Å². The van der Waals surface area contributed by atoms with Crippen molar-refractivity contribution >= 4 is 0 Å². The number of hydrogen-bond acceptors (Lipinski definition) is 2. The second kappa shape index (κ2) is 3.33. The third-order valence-corrected chi connectivity index (χ3v) is 3.01. The molecule has 0 heterocycles. The van der Waals surface area contributed by atoms with Crippen molar-refractivity contribution in [1.82, 2.24) is 0 Å². The van der Waals surface area contributed by atoms with Gasteiger partial charge in [0.2, 0.25) is 0 Å². The SMILES string of the molecule is NC1(c2ccccc2F)CC1CCO. The Bertz CT molecular complexity index is 342. The first kappa shape index (κ1) is 9.62. The number of benzene rings is 1. The van der Waals surface area contributed by atoms with Crippen molar-refractivity contribution < 1.29 is 9.50 Å². The highest BCUT2D eigenvalue weighted by molar-refractivity contribution is 5.32. The van der Waals surface area contributed by atoms with Gasteiger partial charge in [-0.2, -0.15) is 0 Å². The van der Waals surface area contributed by atoms with Crippen molar-refractivity contribution in [3.8, 4) is 0 Å². The summed E-state index contributed by atoms with van der Waals surface area (Å²) in [7, 11) is 0. The maximum Gasteiger partial charge on any atom is 0.128 e. The molecule has 0 saturated heterocycles. The zero-order chi connectivity index (χ0) is 10.2. The van der Waals surface area contributed by atoms with Crippen molar-refractivity contribution in [3.05, 3.63) is 35.6 Å². The minimum atomic E-state index is -0.534. The summed E-state index contributed by atoms with van der Waals surface area (Å²) in [6.07, 6.45) is 1.43. The average Bonchev–Trinajstić information content (AvgIpc) is 2.79. The van der Waals surface area contributed by atoms with Crippen LogP contribution >= 0.6 is 0 Å². The van der Waals surface area contributed by atoms with Crippen molar-refractivity contribution in [2.45, 2.75) is 18.4 Å². The van der Waals surface area contributed by atoms with Gasteiger partial charge in [-0.3, -0.25) is 0 Å². The predicted molar refractivity (Wildman–Crippen MR) is 52.1 cm³/mol. The second-order valence-corrected chi connectivity index (χ2v) is 3.93. The summed E-state index contributed by atoms with van der Waals surface area (Å²) in [6, 6.07) is 6.61. The van der Waals surface area contributed by atoms with Crippen LogP contribution in [0, 0.1) is 11.7 Å². The van der Waals surface area contributed by atoms with Crippen LogP contribution in [0.1, 0.15) is 18.4 Å². The molecule has 3 N–H and O–H groups in total. The van der Waals surface area contributed by atoms with Crippen LogP contribution in [0.2, 0.25) is 0 Å². The summed E-state index contributed by atoms with van der Waals surface area (Å²) < 4.78 is 13.4. The Balaban J connectivity index is 2.21. The largest absolute Gasteiger partial charge is 0.396 e. The minimum absolute atomic E-state index is 0.123. The number of rotatable bonds is 3. The molecule has 1 aromatic carbocycles. The average molecular weight is 195 g/mol. The lowest BCUT2D eigenvalue weighted by Gasteiger charge is -2.12. The third-order valence-electron chi connectivity index (χ3n) is 3.01. The molecular weight excluding hydrogens is 181 g/mol.